The third-order valence-corrected chi connectivity index (χ3v) is 4.85. The lowest BCUT2D eigenvalue weighted by Gasteiger charge is -2.15. The number of aryl methyl sites for hydroxylation is 1. The standard InChI is InChI=1S/C12H15F3N2O2S/c1-8-2-3-9(12(13,14)15)6-11(8)20(18,19)17-10-4-5-16-7-10/h2-3,6,10,16-17H,4-5,7H2,1H3. The van der Waals surface area contributed by atoms with Gasteiger partial charge in [-0.1, -0.05) is 6.07 Å². The van der Waals surface area contributed by atoms with Gasteiger partial charge in [-0.3, -0.25) is 0 Å². The molecule has 20 heavy (non-hydrogen) atoms. The molecule has 1 heterocycles. The fourth-order valence-electron chi connectivity index (χ4n) is 2.10. The van der Waals surface area contributed by atoms with Crippen molar-refractivity contribution in [3.05, 3.63) is 29.3 Å². The van der Waals surface area contributed by atoms with Crippen molar-refractivity contribution in [3.8, 4) is 0 Å². The molecule has 1 unspecified atom stereocenters. The summed E-state index contributed by atoms with van der Waals surface area (Å²) in [5.41, 5.74) is -0.676. The molecule has 0 bridgehead atoms. The lowest BCUT2D eigenvalue weighted by molar-refractivity contribution is -0.137. The Morgan fingerprint density at radius 1 is 1.35 bits per heavy atom. The highest BCUT2D eigenvalue weighted by atomic mass is 32.2. The van der Waals surface area contributed by atoms with Crippen LogP contribution in [0.4, 0.5) is 13.2 Å². The summed E-state index contributed by atoms with van der Waals surface area (Å²) in [5.74, 6) is 0. The predicted molar refractivity (Wildman–Crippen MR) is 67.8 cm³/mol. The highest BCUT2D eigenvalue weighted by Crippen LogP contribution is 2.31. The van der Waals surface area contributed by atoms with E-state index < -0.39 is 21.8 Å². The smallest absolute Gasteiger partial charge is 0.315 e. The molecule has 4 nitrogen and oxygen atoms in total. The zero-order valence-corrected chi connectivity index (χ0v) is 11.6. The second-order valence-corrected chi connectivity index (χ2v) is 6.47. The Hall–Kier alpha value is -1.12. The lowest BCUT2D eigenvalue weighted by Crippen LogP contribution is -2.36. The zero-order valence-electron chi connectivity index (χ0n) is 10.8. The monoisotopic (exact) mass is 308 g/mol. The SMILES string of the molecule is Cc1ccc(C(F)(F)F)cc1S(=O)(=O)NC1CCNC1. The van der Waals surface area contributed by atoms with Gasteiger partial charge in [-0.2, -0.15) is 13.2 Å². The normalized spacial score (nSPS) is 20.3. The summed E-state index contributed by atoms with van der Waals surface area (Å²) < 4.78 is 64.8. The van der Waals surface area contributed by atoms with Crippen LogP contribution in [0.15, 0.2) is 23.1 Å². The highest BCUT2D eigenvalue weighted by Gasteiger charge is 2.33. The first-order valence-corrected chi connectivity index (χ1v) is 7.59. The molecule has 1 aliphatic heterocycles. The quantitative estimate of drug-likeness (QED) is 0.893. The van der Waals surface area contributed by atoms with Crippen LogP contribution in [0.3, 0.4) is 0 Å². The first kappa shape index (κ1) is 15.3. The van der Waals surface area contributed by atoms with Crippen molar-refractivity contribution in [2.24, 2.45) is 0 Å². The fourth-order valence-corrected chi connectivity index (χ4v) is 3.65. The summed E-state index contributed by atoms with van der Waals surface area (Å²) in [4.78, 5) is -0.320. The van der Waals surface area contributed by atoms with Gasteiger partial charge >= 0.3 is 6.18 Å². The van der Waals surface area contributed by atoms with Crippen molar-refractivity contribution >= 4 is 10.0 Å². The van der Waals surface area contributed by atoms with Gasteiger partial charge in [0.25, 0.3) is 0 Å². The van der Waals surface area contributed by atoms with Crippen molar-refractivity contribution in [1.82, 2.24) is 10.0 Å². The van der Waals surface area contributed by atoms with Gasteiger partial charge < -0.3 is 5.32 Å². The Labute approximate surface area is 115 Å². The van der Waals surface area contributed by atoms with Crippen molar-refractivity contribution in [2.45, 2.75) is 30.5 Å². The molecule has 2 N–H and O–H groups in total. The number of sulfonamides is 1. The van der Waals surface area contributed by atoms with E-state index >= 15 is 0 Å². The van der Waals surface area contributed by atoms with E-state index in [4.69, 9.17) is 0 Å². The van der Waals surface area contributed by atoms with E-state index in [0.29, 0.717) is 25.6 Å². The van der Waals surface area contributed by atoms with Crippen LogP contribution >= 0.6 is 0 Å². The highest BCUT2D eigenvalue weighted by molar-refractivity contribution is 7.89. The van der Waals surface area contributed by atoms with Crippen LogP contribution in [-0.2, 0) is 16.2 Å². The Balaban J connectivity index is 2.35. The van der Waals surface area contributed by atoms with Gasteiger partial charge in [-0.05, 0) is 37.6 Å². The fraction of sp³-hybridized carbons (Fsp3) is 0.500. The molecule has 8 heteroatoms. The van der Waals surface area contributed by atoms with E-state index in [-0.39, 0.29) is 16.5 Å². The molecule has 0 spiro atoms. The Morgan fingerprint density at radius 3 is 2.60 bits per heavy atom. The van der Waals surface area contributed by atoms with Crippen LogP contribution in [0.1, 0.15) is 17.5 Å². The molecule has 1 aromatic rings. The average molecular weight is 308 g/mol. The van der Waals surface area contributed by atoms with Crippen LogP contribution < -0.4 is 10.0 Å². The van der Waals surface area contributed by atoms with Crippen LogP contribution in [0.2, 0.25) is 0 Å². The van der Waals surface area contributed by atoms with E-state index in [9.17, 15) is 21.6 Å². The molecule has 1 fully saturated rings. The van der Waals surface area contributed by atoms with E-state index in [0.717, 1.165) is 6.07 Å². The van der Waals surface area contributed by atoms with E-state index in [1.807, 2.05) is 0 Å². The minimum Gasteiger partial charge on any atom is -0.315 e. The van der Waals surface area contributed by atoms with Crippen LogP contribution in [0, 0.1) is 6.92 Å². The van der Waals surface area contributed by atoms with Crippen LogP contribution in [0.5, 0.6) is 0 Å². The van der Waals surface area contributed by atoms with E-state index in [1.165, 1.54) is 13.0 Å². The summed E-state index contributed by atoms with van der Waals surface area (Å²) >= 11 is 0. The molecule has 1 saturated heterocycles. The van der Waals surface area contributed by atoms with Gasteiger partial charge in [-0.25, -0.2) is 13.1 Å². The third-order valence-electron chi connectivity index (χ3n) is 3.19. The van der Waals surface area contributed by atoms with E-state index in [1.54, 1.807) is 0 Å². The van der Waals surface area contributed by atoms with Crippen molar-refractivity contribution in [3.63, 3.8) is 0 Å². The minimum atomic E-state index is -4.56. The van der Waals surface area contributed by atoms with Crippen LogP contribution in [0.25, 0.3) is 0 Å². The summed E-state index contributed by atoms with van der Waals surface area (Å²) in [7, 11) is -3.95. The molecule has 1 aliphatic rings. The Kier molecular flexibility index (Phi) is 4.08. The van der Waals surface area contributed by atoms with Crippen molar-refractivity contribution < 1.29 is 21.6 Å². The maximum absolute atomic E-state index is 12.7. The molecular weight excluding hydrogens is 293 g/mol. The molecule has 1 atom stereocenters. The van der Waals surface area contributed by atoms with Crippen LogP contribution in [-0.4, -0.2) is 27.5 Å². The number of rotatable bonds is 3. The number of alkyl halides is 3. The number of benzene rings is 1. The van der Waals surface area contributed by atoms with E-state index in [2.05, 4.69) is 10.0 Å². The number of hydrogen-bond donors (Lipinski definition) is 2. The van der Waals surface area contributed by atoms with Gasteiger partial charge in [0.2, 0.25) is 10.0 Å². The number of hydrogen-bond acceptors (Lipinski definition) is 3. The summed E-state index contributed by atoms with van der Waals surface area (Å²) in [6.07, 6.45) is -3.94. The van der Waals surface area contributed by atoms with Gasteiger partial charge in [-0.15, -0.1) is 0 Å². The largest absolute Gasteiger partial charge is 0.416 e. The maximum Gasteiger partial charge on any atom is 0.416 e. The molecule has 0 radical (unpaired) electrons. The topological polar surface area (TPSA) is 58.2 Å². The maximum atomic E-state index is 12.7. The lowest BCUT2D eigenvalue weighted by atomic mass is 10.1. The molecule has 0 aromatic heterocycles. The number of halogens is 3. The first-order chi connectivity index (χ1) is 9.20. The molecule has 1 aromatic carbocycles. The molecule has 0 aliphatic carbocycles. The third kappa shape index (κ3) is 3.31. The minimum absolute atomic E-state index is 0.283. The van der Waals surface area contributed by atoms with Gasteiger partial charge in [0, 0.05) is 12.6 Å². The summed E-state index contributed by atoms with van der Waals surface area (Å²) in [6, 6.07) is 2.45. The summed E-state index contributed by atoms with van der Waals surface area (Å²) in [5, 5.41) is 2.99. The number of nitrogens with one attached hydrogen (secondary N) is 2. The van der Waals surface area contributed by atoms with Gasteiger partial charge in [0.05, 0.1) is 10.5 Å². The Bertz CT molecular complexity index is 593. The second-order valence-electron chi connectivity index (χ2n) is 4.79. The average Bonchev–Trinajstić information content (AvgIpc) is 2.79. The second kappa shape index (κ2) is 5.34. The zero-order chi connectivity index (χ0) is 15.0. The van der Waals surface area contributed by atoms with Crippen molar-refractivity contribution in [1.29, 1.82) is 0 Å². The first-order valence-electron chi connectivity index (χ1n) is 6.11. The molecule has 0 saturated carbocycles. The molecule has 112 valence electrons. The summed E-state index contributed by atoms with van der Waals surface area (Å²) in [6.45, 7) is 2.65. The molecule has 2 rings (SSSR count). The van der Waals surface area contributed by atoms with Gasteiger partial charge in [0.1, 0.15) is 0 Å². The van der Waals surface area contributed by atoms with Gasteiger partial charge in [0.15, 0.2) is 0 Å². The molecule has 0 amide bonds. The predicted octanol–water partition coefficient (Wildman–Crippen LogP) is 1.65. The van der Waals surface area contributed by atoms with Crippen molar-refractivity contribution in [2.75, 3.05) is 13.1 Å². The Morgan fingerprint density at radius 2 is 2.05 bits per heavy atom. The molecular formula is C12H15F3N2O2S.